The lowest BCUT2D eigenvalue weighted by Crippen LogP contribution is -2.32. The second kappa shape index (κ2) is 12.4. The Bertz CT molecular complexity index is 944. The molecule has 1 saturated heterocycles. The Kier molecular flexibility index (Phi) is 9.29. The third kappa shape index (κ3) is 7.69. The van der Waals surface area contributed by atoms with Crippen molar-refractivity contribution in [1.29, 1.82) is 0 Å². The van der Waals surface area contributed by atoms with Crippen molar-refractivity contribution in [2.75, 3.05) is 13.2 Å². The van der Waals surface area contributed by atoms with Gasteiger partial charge in [0.15, 0.2) is 6.29 Å². The molecule has 0 N–H and O–H groups in total. The molecule has 0 spiro atoms. The van der Waals surface area contributed by atoms with Crippen LogP contribution in [0.3, 0.4) is 0 Å². The maximum atomic E-state index is 14.9. The van der Waals surface area contributed by atoms with Gasteiger partial charge < -0.3 is 14.2 Å². The van der Waals surface area contributed by atoms with Crippen molar-refractivity contribution in [3.8, 4) is 16.9 Å². The molecule has 0 amide bonds. The molecule has 1 heterocycles. The first-order chi connectivity index (χ1) is 17.3. The third-order valence-electron chi connectivity index (χ3n) is 7.52. The maximum absolute atomic E-state index is 14.9. The Balaban J connectivity index is 1.23. The minimum atomic E-state index is -4.75. The molecule has 0 atom stereocenters. The van der Waals surface area contributed by atoms with Crippen LogP contribution in [-0.2, 0) is 9.47 Å². The minimum absolute atomic E-state index is 0.0728. The largest absolute Gasteiger partial charge is 0.573 e. The summed E-state index contributed by atoms with van der Waals surface area (Å²) in [7, 11) is 0. The molecule has 0 aromatic heterocycles. The Morgan fingerprint density at radius 3 is 2.17 bits per heavy atom. The summed E-state index contributed by atoms with van der Waals surface area (Å²) in [5.41, 5.74) is 1.88. The molecule has 36 heavy (non-hydrogen) atoms. The van der Waals surface area contributed by atoms with Crippen LogP contribution in [0.15, 0.2) is 42.5 Å². The SMILES string of the molecule is CCCCC1COC(CCC2CCC(c3ccc(-c4ccc(OC(F)(F)F)cc4)c(F)c3)CC2)OC1. The maximum Gasteiger partial charge on any atom is 0.573 e. The van der Waals surface area contributed by atoms with E-state index in [-0.39, 0.29) is 17.9 Å². The summed E-state index contributed by atoms with van der Waals surface area (Å²) >= 11 is 0. The first-order valence-electron chi connectivity index (χ1n) is 13.2. The normalized spacial score (nSPS) is 25.0. The molecule has 2 fully saturated rings. The predicted molar refractivity (Wildman–Crippen MR) is 131 cm³/mol. The van der Waals surface area contributed by atoms with E-state index in [0.29, 0.717) is 28.9 Å². The Morgan fingerprint density at radius 1 is 0.861 bits per heavy atom. The van der Waals surface area contributed by atoms with Gasteiger partial charge in [0.25, 0.3) is 0 Å². The highest BCUT2D eigenvalue weighted by atomic mass is 19.4. The number of hydrogen-bond donors (Lipinski definition) is 0. The van der Waals surface area contributed by atoms with Crippen molar-refractivity contribution in [1.82, 2.24) is 0 Å². The number of halogens is 4. The number of rotatable bonds is 9. The van der Waals surface area contributed by atoms with Gasteiger partial charge in [-0.3, -0.25) is 0 Å². The predicted octanol–water partition coefficient (Wildman–Crippen LogP) is 8.62. The zero-order valence-electron chi connectivity index (χ0n) is 20.9. The minimum Gasteiger partial charge on any atom is -0.406 e. The summed E-state index contributed by atoms with van der Waals surface area (Å²) in [6, 6.07) is 10.5. The first-order valence-corrected chi connectivity index (χ1v) is 13.2. The molecule has 3 nitrogen and oxygen atoms in total. The molecule has 1 aliphatic carbocycles. The molecule has 0 unspecified atom stereocenters. The summed E-state index contributed by atoms with van der Waals surface area (Å²) in [5, 5.41) is 0. The van der Waals surface area contributed by atoms with Gasteiger partial charge in [-0.25, -0.2) is 4.39 Å². The average Bonchev–Trinajstić information content (AvgIpc) is 2.87. The topological polar surface area (TPSA) is 27.7 Å². The second-order valence-electron chi connectivity index (χ2n) is 10.2. The summed E-state index contributed by atoms with van der Waals surface area (Å²) in [6.07, 6.45) is 5.10. The van der Waals surface area contributed by atoms with Crippen molar-refractivity contribution in [2.45, 2.75) is 83.3 Å². The van der Waals surface area contributed by atoms with Crippen LogP contribution in [0.1, 0.15) is 76.2 Å². The van der Waals surface area contributed by atoms with E-state index in [1.165, 1.54) is 43.5 Å². The van der Waals surface area contributed by atoms with Crippen molar-refractivity contribution in [3.05, 3.63) is 53.8 Å². The van der Waals surface area contributed by atoms with Gasteiger partial charge in [-0.05, 0) is 86.1 Å². The standard InChI is InChI=1S/C29H36F4O3/c1-2-3-4-21-18-34-28(35-19-21)16-7-20-5-8-22(9-6-20)24-12-15-26(27(30)17-24)23-10-13-25(14-11-23)36-29(31,32)33/h10-15,17,20-22,28H,2-9,16,18-19H2,1H3. The van der Waals surface area contributed by atoms with Crippen LogP contribution >= 0.6 is 0 Å². The van der Waals surface area contributed by atoms with Gasteiger partial charge in [0.2, 0.25) is 0 Å². The molecule has 2 aromatic rings. The molecular weight excluding hydrogens is 472 g/mol. The molecule has 7 heteroatoms. The molecule has 0 radical (unpaired) electrons. The van der Waals surface area contributed by atoms with E-state index in [2.05, 4.69) is 11.7 Å². The number of unbranched alkanes of at least 4 members (excludes halogenated alkanes) is 1. The quantitative estimate of drug-likeness (QED) is 0.317. The second-order valence-corrected chi connectivity index (χ2v) is 10.2. The van der Waals surface area contributed by atoms with E-state index < -0.39 is 6.36 Å². The van der Waals surface area contributed by atoms with Crippen LogP contribution in [0.5, 0.6) is 5.75 Å². The molecule has 2 aromatic carbocycles. The van der Waals surface area contributed by atoms with Gasteiger partial charge in [0, 0.05) is 11.5 Å². The van der Waals surface area contributed by atoms with E-state index in [9.17, 15) is 17.6 Å². The third-order valence-corrected chi connectivity index (χ3v) is 7.52. The van der Waals surface area contributed by atoms with Gasteiger partial charge in [-0.1, -0.05) is 44.0 Å². The van der Waals surface area contributed by atoms with Crippen LogP contribution in [0.4, 0.5) is 17.6 Å². The van der Waals surface area contributed by atoms with Gasteiger partial charge in [-0.15, -0.1) is 13.2 Å². The van der Waals surface area contributed by atoms with E-state index >= 15 is 0 Å². The lowest BCUT2D eigenvalue weighted by molar-refractivity contribution is -0.274. The molecule has 4 rings (SSSR count). The molecular formula is C29H36F4O3. The van der Waals surface area contributed by atoms with Crippen LogP contribution in [0.25, 0.3) is 11.1 Å². The fraction of sp³-hybridized carbons (Fsp3) is 0.586. The van der Waals surface area contributed by atoms with Gasteiger partial charge >= 0.3 is 6.36 Å². The number of ether oxygens (including phenoxy) is 3. The number of hydrogen-bond acceptors (Lipinski definition) is 3. The van der Waals surface area contributed by atoms with Crippen LogP contribution in [0.2, 0.25) is 0 Å². The highest BCUT2D eigenvalue weighted by Gasteiger charge is 2.31. The number of benzene rings is 2. The summed E-state index contributed by atoms with van der Waals surface area (Å²) < 4.78 is 67.8. The summed E-state index contributed by atoms with van der Waals surface area (Å²) in [6.45, 7) is 3.82. The van der Waals surface area contributed by atoms with E-state index in [0.717, 1.165) is 57.3 Å². The van der Waals surface area contributed by atoms with Gasteiger partial charge in [-0.2, -0.15) is 0 Å². The van der Waals surface area contributed by atoms with E-state index in [1.54, 1.807) is 12.1 Å². The molecule has 198 valence electrons. The molecule has 1 aliphatic heterocycles. The van der Waals surface area contributed by atoms with E-state index in [4.69, 9.17) is 9.47 Å². The summed E-state index contributed by atoms with van der Waals surface area (Å²) in [5.74, 6) is 0.827. The molecule has 0 bridgehead atoms. The van der Waals surface area contributed by atoms with Crippen molar-refractivity contribution < 1.29 is 31.8 Å². The Hall–Kier alpha value is -2.12. The first kappa shape index (κ1) is 26.9. The van der Waals surface area contributed by atoms with Gasteiger partial charge in [0.1, 0.15) is 11.6 Å². The van der Waals surface area contributed by atoms with Crippen molar-refractivity contribution in [3.63, 3.8) is 0 Å². The van der Waals surface area contributed by atoms with Crippen molar-refractivity contribution >= 4 is 0 Å². The zero-order chi connectivity index (χ0) is 25.5. The van der Waals surface area contributed by atoms with Gasteiger partial charge in [0.05, 0.1) is 13.2 Å². The molecule has 1 saturated carbocycles. The van der Waals surface area contributed by atoms with Crippen molar-refractivity contribution in [2.24, 2.45) is 11.8 Å². The Labute approximate surface area is 211 Å². The number of alkyl halides is 3. The highest BCUT2D eigenvalue weighted by Crippen LogP contribution is 2.39. The monoisotopic (exact) mass is 508 g/mol. The van der Waals surface area contributed by atoms with E-state index in [1.807, 2.05) is 6.07 Å². The highest BCUT2D eigenvalue weighted by molar-refractivity contribution is 5.65. The fourth-order valence-corrected chi connectivity index (χ4v) is 5.42. The van der Waals surface area contributed by atoms with Crippen LogP contribution in [0, 0.1) is 17.7 Å². The Morgan fingerprint density at radius 2 is 1.56 bits per heavy atom. The fourth-order valence-electron chi connectivity index (χ4n) is 5.42. The van der Waals surface area contributed by atoms with Crippen LogP contribution in [-0.4, -0.2) is 25.9 Å². The zero-order valence-corrected chi connectivity index (χ0v) is 20.9. The lowest BCUT2D eigenvalue weighted by atomic mass is 9.77. The summed E-state index contributed by atoms with van der Waals surface area (Å²) in [4.78, 5) is 0. The smallest absolute Gasteiger partial charge is 0.406 e. The lowest BCUT2D eigenvalue weighted by Gasteiger charge is -2.32. The average molecular weight is 509 g/mol. The van der Waals surface area contributed by atoms with Crippen LogP contribution < -0.4 is 4.74 Å². The molecule has 2 aliphatic rings.